The number of anilines is 1. The topological polar surface area (TPSA) is 76.9 Å². The van der Waals surface area contributed by atoms with E-state index in [0.29, 0.717) is 11.7 Å². The van der Waals surface area contributed by atoms with Crippen molar-refractivity contribution in [3.05, 3.63) is 25.2 Å². The molecular weight excluding hydrogens is 320 g/mol. The van der Waals surface area contributed by atoms with Gasteiger partial charge in [-0.2, -0.15) is 0 Å². The number of aryl methyl sites for hydroxylation is 1. The molecule has 0 bridgehead atoms. The van der Waals surface area contributed by atoms with Crippen LogP contribution in [0.25, 0.3) is 0 Å². The number of hydrogen-bond acceptors (Lipinski definition) is 6. The number of rotatable bonds is 4. The zero-order chi connectivity index (χ0) is 16.5. The van der Waals surface area contributed by atoms with Gasteiger partial charge in [-0.1, -0.05) is 43.4 Å². The molecule has 0 aliphatic rings. The number of carbonyl (C=O) groups excluding carboxylic acids is 1. The summed E-state index contributed by atoms with van der Waals surface area (Å²) in [6.07, 6.45) is 0.237. The van der Waals surface area contributed by atoms with Crippen LogP contribution in [0.3, 0.4) is 0 Å². The fourth-order valence-electron chi connectivity index (χ4n) is 1.82. The Morgan fingerprint density at radius 2 is 1.91 bits per heavy atom. The summed E-state index contributed by atoms with van der Waals surface area (Å²) in [5.41, 5.74) is 0.841. The second kappa shape index (κ2) is 6.29. The number of aromatic nitrogens is 3. The number of carbonyl (C=O) groups is 1. The lowest BCUT2D eigenvalue weighted by atomic mass is 9.98. The normalized spacial score (nSPS) is 11.7. The first-order chi connectivity index (χ1) is 10.2. The summed E-state index contributed by atoms with van der Waals surface area (Å²) in [5.74, 6) is -0.160. The third-order valence-electron chi connectivity index (χ3n) is 3.25. The molecule has 1 amide bonds. The first kappa shape index (κ1) is 16.8. The van der Waals surface area contributed by atoms with Crippen LogP contribution in [-0.2, 0) is 16.8 Å². The molecule has 0 saturated carbocycles. The van der Waals surface area contributed by atoms with Gasteiger partial charge in [-0.25, -0.2) is 0 Å². The molecule has 0 aliphatic heterocycles. The van der Waals surface area contributed by atoms with E-state index in [1.165, 1.54) is 22.7 Å². The van der Waals surface area contributed by atoms with E-state index >= 15 is 0 Å². The lowest BCUT2D eigenvalue weighted by Gasteiger charge is -2.12. The van der Waals surface area contributed by atoms with Crippen LogP contribution in [-0.4, -0.2) is 20.7 Å². The lowest BCUT2D eigenvalue weighted by molar-refractivity contribution is -0.116. The van der Waals surface area contributed by atoms with Gasteiger partial charge in [-0.15, -0.1) is 10.2 Å². The zero-order valence-corrected chi connectivity index (χ0v) is 15.0. The van der Waals surface area contributed by atoms with Crippen molar-refractivity contribution in [1.82, 2.24) is 14.8 Å². The van der Waals surface area contributed by atoms with Crippen LogP contribution in [0.2, 0.25) is 0 Å². The fourth-order valence-corrected chi connectivity index (χ4v) is 3.49. The first-order valence-corrected chi connectivity index (χ1v) is 8.62. The number of nitrogens with one attached hydrogen (secondary N) is 1. The molecule has 2 heterocycles. The number of nitrogens with zero attached hydrogens (tertiary/aromatic N) is 3. The molecule has 0 unspecified atom stereocenters. The Morgan fingerprint density at radius 1 is 1.23 bits per heavy atom. The number of hydrogen-bond donors (Lipinski definition) is 1. The summed E-state index contributed by atoms with van der Waals surface area (Å²) in [6, 6.07) is 0. The molecular formula is C14H20N4O2S2. The molecule has 8 heteroatoms. The maximum absolute atomic E-state index is 12.0. The highest BCUT2D eigenvalue weighted by atomic mass is 32.1. The Hall–Kier alpha value is -1.54. The lowest BCUT2D eigenvalue weighted by Crippen LogP contribution is -2.20. The summed E-state index contributed by atoms with van der Waals surface area (Å²) in [4.78, 5) is 24.7. The predicted molar refractivity (Wildman–Crippen MR) is 89.9 cm³/mol. The van der Waals surface area contributed by atoms with E-state index in [1.54, 1.807) is 4.57 Å². The summed E-state index contributed by atoms with van der Waals surface area (Å²) in [6.45, 7) is 10.3. The van der Waals surface area contributed by atoms with Crippen LogP contribution in [0.4, 0.5) is 5.13 Å². The van der Waals surface area contributed by atoms with Crippen LogP contribution in [0.5, 0.6) is 0 Å². The molecule has 0 fully saturated rings. The monoisotopic (exact) mass is 340 g/mol. The van der Waals surface area contributed by atoms with Crippen molar-refractivity contribution in [3.8, 4) is 0 Å². The smallest absolute Gasteiger partial charge is 0.303 e. The van der Waals surface area contributed by atoms with Crippen LogP contribution in [0, 0.1) is 13.8 Å². The van der Waals surface area contributed by atoms with Gasteiger partial charge in [0.2, 0.25) is 11.0 Å². The van der Waals surface area contributed by atoms with Crippen molar-refractivity contribution < 1.29 is 4.79 Å². The van der Waals surface area contributed by atoms with E-state index in [-0.39, 0.29) is 22.6 Å². The minimum Gasteiger partial charge on any atom is -0.303 e. The Balaban J connectivity index is 1.96. The second-order valence-electron chi connectivity index (χ2n) is 6.12. The van der Waals surface area contributed by atoms with E-state index in [2.05, 4.69) is 15.5 Å². The maximum Gasteiger partial charge on any atom is 0.307 e. The van der Waals surface area contributed by atoms with Gasteiger partial charge in [0.25, 0.3) is 0 Å². The predicted octanol–water partition coefficient (Wildman–Crippen LogP) is 2.70. The van der Waals surface area contributed by atoms with Gasteiger partial charge < -0.3 is 9.88 Å². The molecule has 22 heavy (non-hydrogen) atoms. The van der Waals surface area contributed by atoms with E-state index in [4.69, 9.17) is 0 Å². The van der Waals surface area contributed by atoms with Gasteiger partial charge >= 0.3 is 4.87 Å². The number of thiazole rings is 1. The standard InChI is InChI=1S/C14H20N4O2S2/c1-8-9(2)21-13(20)18(8)7-6-10(19)15-12-17-16-11(22-12)14(3,4)5/h6-7H2,1-5H3,(H,15,17,19). The highest BCUT2D eigenvalue weighted by molar-refractivity contribution is 7.15. The van der Waals surface area contributed by atoms with E-state index in [1.807, 2.05) is 34.6 Å². The highest BCUT2D eigenvalue weighted by Gasteiger charge is 2.20. The molecule has 6 nitrogen and oxygen atoms in total. The molecule has 0 aromatic carbocycles. The van der Waals surface area contributed by atoms with Gasteiger partial charge in [0.05, 0.1) is 0 Å². The highest BCUT2D eigenvalue weighted by Crippen LogP contribution is 2.27. The molecule has 0 atom stereocenters. The third kappa shape index (κ3) is 3.80. The van der Waals surface area contributed by atoms with Gasteiger partial charge in [0.1, 0.15) is 5.01 Å². The second-order valence-corrected chi connectivity index (χ2v) is 8.27. The van der Waals surface area contributed by atoms with E-state index in [0.717, 1.165) is 15.6 Å². The molecule has 2 aromatic rings. The average molecular weight is 340 g/mol. The Labute approximate surface area is 137 Å². The fraction of sp³-hybridized carbons (Fsp3) is 0.571. The molecule has 0 saturated heterocycles. The summed E-state index contributed by atoms with van der Waals surface area (Å²) in [7, 11) is 0. The Bertz CT molecular complexity index is 737. The summed E-state index contributed by atoms with van der Waals surface area (Å²) in [5, 5.41) is 12.2. The van der Waals surface area contributed by atoms with Crippen molar-refractivity contribution in [2.24, 2.45) is 0 Å². The van der Waals surface area contributed by atoms with Crippen LogP contribution >= 0.6 is 22.7 Å². The molecule has 120 valence electrons. The molecule has 0 radical (unpaired) electrons. The molecule has 1 N–H and O–H groups in total. The number of amides is 1. The van der Waals surface area contributed by atoms with Crippen molar-refractivity contribution in [2.45, 2.75) is 53.0 Å². The Kier molecular flexibility index (Phi) is 4.81. The molecule has 0 aliphatic carbocycles. The van der Waals surface area contributed by atoms with E-state index in [9.17, 15) is 9.59 Å². The third-order valence-corrected chi connectivity index (χ3v) is 5.51. The van der Waals surface area contributed by atoms with Crippen molar-refractivity contribution in [3.63, 3.8) is 0 Å². The zero-order valence-electron chi connectivity index (χ0n) is 13.4. The molecule has 2 aromatic heterocycles. The van der Waals surface area contributed by atoms with Gasteiger partial charge in [0, 0.05) is 29.0 Å². The van der Waals surface area contributed by atoms with Gasteiger partial charge in [-0.3, -0.25) is 9.59 Å². The quantitative estimate of drug-likeness (QED) is 0.928. The van der Waals surface area contributed by atoms with Crippen LogP contribution < -0.4 is 10.2 Å². The van der Waals surface area contributed by atoms with Crippen LogP contribution in [0.1, 0.15) is 42.8 Å². The summed E-state index contributed by atoms with van der Waals surface area (Å²) < 4.78 is 1.64. The minimum atomic E-state index is -0.160. The van der Waals surface area contributed by atoms with Crippen LogP contribution in [0.15, 0.2) is 4.79 Å². The largest absolute Gasteiger partial charge is 0.307 e. The van der Waals surface area contributed by atoms with Crippen molar-refractivity contribution in [2.75, 3.05) is 5.32 Å². The average Bonchev–Trinajstić information content (AvgIpc) is 2.94. The van der Waals surface area contributed by atoms with Gasteiger partial charge in [0.15, 0.2) is 0 Å². The Morgan fingerprint density at radius 3 is 2.41 bits per heavy atom. The van der Waals surface area contributed by atoms with E-state index < -0.39 is 0 Å². The SMILES string of the molecule is Cc1sc(=O)n(CCC(=O)Nc2nnc(C(C)(C)C)s2)c1C. The first-order valence-electron chi connectivity index (χ1n) is 6.99. The maximum atomic E-state index is 12.0. The van der Waals surface area contributed by atoms with Crippen molar-refractivity contribution >= 4 is 33.7 Å². The molecule has 2 rings (SSSR count). The minimum absolute atomic E-state index is 0.0197. The van der Waals surface area contributed by atoms with Gasteiger partial charge in [-0.05, 0) is 13.8 Å². The van der Waals surface area contributed by atoms with Crippen molar-refractivity contribution in [1.29, 1.82) is 0 Å². The molecule has 0 spiro atoms. The summed E-state index contributed by atoms with van der Waals surface area (Å²) >= 11 is 2.59.